The molecule has 0 bridgehead atoms. The summed E-state index contributed by atoms with van der Waals surface area (Å²) in [6.45, 7) is 9.26. The highest BCUT2D eigenvalue weighted by atomic mass is 35.5. The Morgan fingerprint density at radius 1 is 1.43 bits per heavy atom. The number of hydrogen-bond acceptors (Lipinski definition) is 3. The molecule has 1 fully saturated rings. The average molecular weight is 312 g/mol. The van der Waals surface area contributed by atoms with Gasteiger partial charge in [0.2, 0.25) is 0 Å². The van der Waals surface area contributed by atoms with Gasteiger partial charge in [-0.3, -0.25) is 4.79 Å². The molecule has 4 nitrogen and oxygen atoms in total. The fourth-order valence-corrected chi connectivity index (χ4v) is 3.23. The van der Waals surface area contributed by atoms with Gasteiger partial charge in [-0.1, -0.05) is 52.1 Å². The first-order valence-electron chi connectivity index (χ1n) is 7.92. The summed E-state index contributed by atoms with van der Waals surface area (Å²) in [6.07, 6.45) is 5.31. The van der Waals surface area contributed by atoms with E-state index in [-0.39, 0.29) is 10.6 Å². The lowest BCUT2D eigenvalue weighted by Crippen LogP contribution is -2.36. The Morgan fingerprint density at radius 2 is 2.14 bits per heavy atom. The van der Waals surface area contributed by atoms with E-state index in [0.717, 1.165) is 6.42 Å². The lowest BCUT2D eigenvalue weighted by Gasteiger charge is -2.35. The third-order valence-electron chi connectivity index (χ3n) is 4.57. The fraction of sp³-hybridized carbons (Fsp3) is 0.750. The SMILES string of the molecule is CC(C)Cn1ncc(NC2CCCC(C)C2C)c(Cl)c1=O. The molecule has 0 radical (unpaired) electrons. The van der Waals surface area contributed by atoms with Crippen LogP contribution in [-0.4, -0.2) is 15.8 Å². The molecule has 0 spiro atoms. The Labute approximate surface area is 131 Å². The third kappa shape index (κ3) is 3.79. The lowest BCUT2D eigenvalue weighted by atomic mass is 9.78. The molecule has 1 saturated carbocycles. The molecule has 0 saturated heterocycles. The number of nitrogens with one attached hydrogen (secondary N) is 1. The third-order valence-corrected chi connectivity index (χ3v) is 4.94. The van der Waals surface area contributed by atoms with Crippen LogP contribution in [0.15, 0.2) is 11.0 Å². The van der Waals surface area contributed by atoms with E-state index in [1.54, 1.807) is 6.20 Å². The number of rotatable bonds is 4. The minimum absolute atomic E-state index is 0.202. The highest BCUT2D eigenvalue weighted by Gasteiger charge is 2.27. The zero-order chi connectivity index (χ0) is 15.6. The van der Waals surface area contributed by atoms with E-state index in [0.29, 0.717) is 36.0 Å². The van der Waals surface area contributed by atoms with E-state index < -0.39 is 0 Å². The molecule has 0 amide bonds. The van der Waals surface area contributed by atoms with Crippen molar-refractivity contribution in [3.8, 4) is 0 Å². The zero-order valence-corrected chi connectivity index (χ0v) is 14.2. The second-order valence-corrected chi connectivity index (χ2v) is 7.15. The maximum Gasteiger partial charge on any atom is 0.287 e. The molecular weight excluding hydrogens is 286 g/mol. The summed E-state index contributed by atoms with van der Waals surface area (Å²) in [7, 11) is 0. The summed E-state index contributed by atoms with van der Waals surface area (Å²) in [5, 5.41) is 7.95. The zero-order valence-electron chi connectivity index (χ0n) is 13.4. The Bertz CT molecular complexity index is 541. The number of anilines is 1. The van der Waals surface area contributed by atoms with E-state index in [4.69, 9.17) is 11.6 Å². The first-order chi connectivity index (χ1) is 9.90. The smallest absolute Gasteiger partial charge is 0.287 e. The molecule has 1 N–H and O–H groups in total. The van der Waals surface area contributed by atoms with Crippen molar-refractivity contribution >= 4 is 17.3 Å². The summed E-state index contributed by atoms with van der Waals surface area (Å²) in [6, 6.07) is 0.369. The molecule has 1 aliphatic carbocycles. The number of hydrogen-bond donors (Lipinski definition) is 1. The van der Waals surface area contributed by atoms with Crippen LogP contribution >= 0.6 is 11.6 Å². The highest BCUT2D eigenvalue weighted by molar-refractivity contribution is 6.32. The predicted octanol–water partition coefficient (Wildman–Crippen LogP) is 3.79. The first kappa shape index (κ1) is 16.3. The Hall–Kier alpha value is -1.03. The van der Waals surface area contributed by atoms with Gasteiger partial charge < -0.3 is 5.32 Å². The van der Waals surface area contributed by atoms with Crippen molar-refractivity contribution in [2.45, 2.75) is 59.5 Å². The van der Waals surface area contributed by atoms with E-state index in [9.17, 15) is 4.79 Å². The number of aromatic nitrogens is 2. The van der Waals surface area contributed by atoms with Gasteiger partial charge in [-0.2, -0.15) is 5.10 Å². The lowest BCUT2D eigenvalue weighted by molar-refractivity contribution is 0.253. The van der Waals surface area contributed by atoms with Crippen molar-refractivity contribution in [3.05, 3.63) is 21.6 Å². The Morgan fingerprint density at radius 3 is 2.81 bits per heavy atom. The summed E-state index contributed by atoms with van der Waals surface area (Å²) in [5.41, 5.74) is 0.472. The van der Waals surface area contributed by atoms with Crippen LogP contribution in [0.4, 0.5) is 5.69 Å². The van der Waals surface area contributed by atoms with Crippen molar-refractivity contribution in [1.82, 2.24) is 9.78 Å². The average Bonchev–Trinajstić information content (AvgIpc) is 2.43. The first-order valence-corrected chi connectivity index (χ1v) is 8.30. The van der Waals surface area contributed by atoms with Crippen LogP contribution in [0.5, 0.6) is 0 Å². The molecule has 5 heteroatoms. The molecule has 3 atom stereocenters. The molecule has 1 aromatic rings. The summed E-state index contributed by atoms with van der Waals surface area (Å²) in [4.78, 5) is 12.2. The molecule has 118 valence electrons. The predicted molar refractivity (Wildman–Crippen MR) is 87.9 cm³/mol. The summed E-state index contributed by atoms with van der Waals surface area (Å²) < 4.78 is 1.45. The fourth-order valence-electron chi connectivity index (χ4n) is 3.03. The molecule has 1 aliphatic rings. The number of nitrogens with zero attached hydrogens (tertiary/aromatic N) is 2. The molecule has 1 heterocycles. The minimum atomic E-state index is -0.202. The van der Waals surface area contributed by atoms with Crippen molar-refractivity contribution in [2.75, 3.05) is 5.32 Å². The van der Waals surface area contributed by atoms with Gasteiger partial charge in [0, 0.05) is 12.6 Å². The Kier molecular flexibility index (Phi) is 5.31. The largest absolute Gasteiger partial charge is 0.379 e. The van der Waals surface area contributed by atoms with Gasteiger partial charge in [0.15, 0.2) is 0 Å². The van der Waals surface area contributed by atoms with Gasteiger partial charge >= 0.3 is 0 Å². The van der Waals surface area contributed by atoms with Gasteiger partial charge in [0.25, 0.3) is 5.56 Å². The quantitative estimate of drug-likeness (QED) is 0.920. The second kappa shape index (κ2) is 6.82. The normalized spacial score (nSPS) is 26.1. The Balaban J connectivity index is 2.17. The molecule has 21 heavy (non-hydrogen) atoms. The van der Waals surface area contributed by atoms with Crippen LogP contribution in [0.3, 0.4) is 0 Å². The minimum Gasteiger partial charge on any atom is -0.379 e. The van der Waals surface area contributed by atoms with E-state index in [1.165, 1.54) is 17.5 Å². The van der Waals surface area contributed by atoms with Crippen LogP contribution in [0, 0.1) is 17.8 Å². The summed E-state index contributed by atoms with van der Waals surface area (Å²) >= 11 is 6.25. The monoisotopic (exact) mass is 311 g/mol. The van der Waals surface area contributed by atoms with Crippen LogP contribution < -0.4 is 10.9 Å². The molecular formula is C16H26ClN3O. The van der Waals surface area contributed by atoms with Gasteiger partial charge in [0.05, 0.1) is 11.9 Å². The molecule has 0 aromatic carbocycles. The van der Waals surface area contributed by atoms with Crippen molar-refractivity contribution in [3.63, 3.8) is 0 Å². The number of halogens is 1. The van der Waals surface area contributed by atoms with Crippen LogP contribution in [0.25, 0.3) is 0 Å². The van der Waals surface area contributed by atoms with Gasteiger partial charge in [-0.05, 0) is 24.2 Å². The van der Waals surface area contributed by atoms with Crippen molar-refractivity contribution in [2.24, 2.45) is 17.8 Å². The standard InChI is InChI=1S/C16H26ClN3O/c1-10(2)9-20-16(21)15(17)14(8-18-20)19-13-7-5-6-11(3)12(13)4/h8,10-13,19H,5-7,9H2,1-4H3. The van der Waals surface area contributed by atoms with Gasteiger partial charge in [-0.25, -0.2) is 4.68 Å². The van der Waals surface area contributed by atoms with E-state index >= 15 is 0 Å². The van der Waals surface area contributed by atoms with E-state index in [2.05, 4.69) is 38.1 Å². The molecule has 1 aromatic heterocycles. The molecule has 3 unspecified atom stereocenters. The van der Waals surface area contributed by atoms with Crippen LogP contribution in [0.2, 0.25) is 5.02 Å². The second-order valence-electron chi connectivity index (χ2n) is 6.77. The summed E-state index contributed by atoms with van der Waals surface area (Å²) in [5.74, 6) is 1.64. The van der Waals surface area contributed by atoms with Crippen LogP contribution in [-0.2, 0) is 6.54 Å². The highest BCUT2D eigenvalue weighted by Crippen LogP contribution is 2.32. The maximum atomic E-state index is 12.2. The van der Waals surface area contributed by atoms with Crippen molar-refractivity contribution < 1.29 is 0 Å². The molecule has 2 rings (SSSR count). The van der Waals surface area contributed by atoms with Gasteiger partial charge in [0.1, 0.15) is 5.02 Å². The topological polar surface area (TPSA) is 46.9 Å². The van der Waals surface area contributed by atoms with Gasteiger partial charge in [-0.15, -0.1) is 0 Å². The molecule has 0 aliphatic heterocycles. The van der Waals surface area contributed by atoms with Crippen LogP contribution in [0.1, 0.15) is 47.0 Å². The maximum absolute atomic E-state index is 12.2. The van der Waals surface area contributed by atoms with E-state index in [1.807, 2.05) is 0 Å². The van der Waals surface area contributed by atoms with Crippen molar-refractivity contribution in [1.29, 1.82) is 0 Å².